The highest BCUT2D eigenvalue weighted by Gasteiger charge is 2.11. The Morgan fingerprint density at radius 1 is 0.800 bits per heavy atom. The van der Waals surface area contributed by atoms with Gasteiger partial charge in [-0.05, 0) is 42.5 Å². The number of nitrogens with zero attached hydrogens (tertiary/aromatic N) is 2. The Morgan fingerprint density at radius 3 is 2.28 bits per heavy atom. The summed E-state index contributed by atoms with van der Waals surface area (Å²) in [6.45, 7) is 0. The first-order valence-electron chi connectivity index (χ1n) is 7.92. The van der Waals surface area contributed by atoms with Crippen LogP contribution in [-0.4, -0.2) is 17.1 Å². The number of aromatic nitrogens is 2. The van der Waals surface area contributed by atoms with Crippen molar-refractivity contribution in [3.05, 3.63) is 77.3 Å². The smallest absolute Gasteiger partial charge is 0.160 e. The maximum atomic E-state index is 5.24. The molecule has 1 heterocycles. The SMILES string of the molecule is COc1ccc(-c2nc(-c3ccccc3)c3cc(Br)ccc3n2)cc1. The van der Waals surface area contributed by atoms with E-state index in [9.17, 15) is 0 Å². The molecule has 0 aliphatic heterocycles. The van der Waals surface area contributed by atoms with Gasteiger partial charge >= 0.3 is 0 Å². The molecule has 1 aromatic heterocycles. The van der Waals surface area contributed by atoms with Gasteiger partial charge in [0.25, 0.3) is 0 Å². The fraction of sp³-hybridized carbons (Fsp3) is 0.0476. The third-order valence-electron chi connectivity index (χ3n) is 4.05. The Bertz CT molecular complexity index is 1030. The first-order valence-corrected chi connectivity index (χ1v) is 8.71. The molecule has 25 heavy (non-hydrogen) atoms. The molecule has 0 spiro atoms. The highest BCUT2D eigenvalue weighted by Crippen LogP contribution is 2.31. The van der Waals surface area contributed by atoms with E-state index in [0.717, 1.165) is 37.9 Å². The number of methoxy groups -OCH3 is 1. The zero-order valence-corrected chi connectivity index (χ0v) is 15.2. The molecule has 4 heteroatoms. The van der Waals surface area contributed by atoms with Crippen molar-refractivity contribution < 1.29 is 4.74 Å². The Labute approximate surface area is 154 Å². The van der Waals surface area contributed by atoms with Crippen LogP contribution in [0.3, 0.4) is 0 Å². The number of fused-ring (bicyclic) bond motifs is 1. The molecule has 0 radical (unpaired) electrons. The summed E-state index contributed by atoms with van der Waals surface area (Å²) in [5.41, 5.74) is 3.88. The Kier molecular flexibility index (Phi) is 4.20. The van der Waals surface area contributed by atoms with Crippen LogP contribution in [0.5, 0.6) is 5.75 Å². The predicted octanol–water partition coefficient (Wildman–Crippen LogP) is 5.73. The van der Waals surface area contributed by atoms with Crippen molar-refractivity contribution in [3.63, 3.8) is 0 Å². The zero-order valence-electron chi connectivity index (χ0n) is 13.6. The highest BCUT2D eigenvalue weighted by molar-refractivity contribution is 9.10. The maximum Gasteiger partial charge on any atom is 0.160 e. The van der Waals surface area contributed by atoms with Gasteiger partial charge in [0.05, 0.1) is 18.3 Å². The molecule has 0 unspecified atom stereocenters. The first kappa shape index (κ1) is 15.8. The van der Waals surface area contributed by atoms with E-state index in [2.05, 4.69) is 34.1 Å². The largest absolute Gasteiger partial charge is 0.497 e. The van der Waals surface area contributed by atoms with E-state index in [1.54, 1.807) is 7.11 Å². The van der Waals surface area contributed by atoms with E-state index in [1.165, 1.54) is 0 Å². The summed E-state index contributed by atoms with van der Waals surface area (Å²) in [7, 11) is 1.66. The van der Waals surface area contributed by atoms with Crippen LogP contribution in [0.4, 0.5) is 0 Å². The van der Waals surface area contributed by atoms with Gasteiger partial charge in [0.1, 0.15) is 5.75 Å². The molecule has 0 aliphatic carbocycles. The number of hydrogen-bond acceptors (Lipinski definition) is 3. The Hall–Kier alpha value is -2.72. The number of rotatable bonds is 3. The molecule has 0 atom stereocenters. The second kappa shape index (κ2) is 6.65. The van der Waals surface area contributed by atoms with E-state index in [1.807, 2.05) is 54.6 Å². The van der Waals surface area contributed by atoms with Crippen molar-refractivity contribution in [1.29, 1.82) is 0 Å². The van der Waals surface area contributed by atoms with Crippen LogP contribution in [-0.2, 0) is 0 Å². The van der Waals surface area contributed by atoms with Gasteiger partial charge in [-0.1, -0.05) is 46.3 Å². The topological polar surface area (TPSA) is 35.0 Å². The van der Waals surface area contributed by atoms with Crippen molar-refractivity contribution in [2.45, 2.75) is 0 Å². The van der Waals surface area contributed by atoms with E-state index < -0.39 is 0 Å². The average molecular weight is 391 g/mol. The lowest BCUT2D eigenvalue weighted by atomic mass is 10.1. The molecule has 122 valence electrons. The normalized spacial score (nSPS) is 10.8. The van der Waals surface area contributed by atoms with Gasteiger partial charge in [0.2, 0.25) is 0 Å². The molecule has 3 aromatic carbocycles. The van der Waals surface area contributed by atoms with Crippen LogP contribution in [0, 0.1) is 0 Å². The van der Waals surface area contributed by atoms with Gasteiger partial charge in [-0.2, -0.15) is 0 Å². The van der Waals surface area contributed by atoms with Crippen LogP contribution in [0.25, 0.3) is 33.5 Å². The highest BCUT2D eigenvalue weighted by atomic mass is 79.9. The van der Waals surface area contributed by atoms with E-state index in [-0.39, 0.29) is 0 Å². The van der Waals surface area contributed by atoms with Crippen LogP contribution in [0.15, 0.2) is 77.3 Å². The first-order chi connectivity index (χ1) is 12.2. The molecule has 0 N–H and O–H groups in total. The Balaban J connectivity index is 1.96. The maximum absolute atomic E-state index is 5.24. The summed E-state index contributed by atoms with van der Waals surface area (Å²) >= 11 is 3.55. The van der Waals surface area contributed by atoms with Gasteiger partial charge in [0, 0.05) is 21.0 Å². The lowest BCUT2D eigenvalue weighted by Gasteiger charge is -2.10. The summed E-state index contributed by atoms with van der Waals surface area (Å²) in [6, 6.07) is 24.1. The molecule has 3 nitrogen and oxygen atoms in total. The van der Waals surface area contributed by atoms with Gasteiger partial charge in [-0.15, -0.1) is 0 Å². The number of halogens is 1. The molecule has 0 saturated heterocycles. The van der Waals surface area contributed by atoms with Gasteiger partial charge in [-0.3, -0.25) is 0 Å². The molecular weight excluding hydrogens is 376 g/mol. The number of benzene rings is 3. The molecule has 0 saturated carbocycles. The minimum absolute atomic E-state index is 0.705. The summed E-state index contributed by atoms with van der Waals surface area (Å²) in [6.07, 6.45) is 0. The summed E-state index contributed by atoms with van der Waals surface area (Å²) in [5.74, 6) is 1.52. The van der Waals surface area contributed by atoms with Gasteiger partial charge < -0.3 is 4.74 Å². The molecule has 0 aliphatic rings. The Morgan fingerprint density at radius 2 is 1.56 bits per heavy atom. The van der Waals surface area contributed by atoms with Crippen molar-refractivity contribution in [3.8, 4) is 28.4 Å². The van der Waals surface area contributed by atoms with Crippen LogP contribution >= 0.6 is 15.9 Å². The minimum Gasteiger partial charge on any atom is -0.497 e. The summed E-state index contributed by atoms with van der Waals surface area (Å²) in [4.78, 5) is 9.62. The molecule has 0 fully saturated rings. The molecule has 4 rings (SSSR count). The average Bonchev–Trinajstić information content (AvgIpc) is 2.68. The van der Waals surface area contributed by atoms with E-state index >= 15 is 0 Å². The predicted molar refractivity (Wildman–Crippen MR) is 105 cm³/mol. The second-order valence-corrected chi connectivity index (χ2v) is 6.57. The van der Waals surface area contributed by atoms with Gasteiger partial charge in [-0.25, -0.2) is 9.97 Å². The standard InChI is InChI=1S/C21H15BrN2O/c1-25-17-10-7-15(8-11-17)21-23-19-12-9-16(22)13-18(19)20(24-21)14-5-3-2-4-6-14/h2-13H,1H3. The third kappa shape index (κ3) is 3.13. The summed E-state index contributed by atoms with van der Waals surface area (Å²) in [5, 5.41) is 1.03. The quantitative estimate of drug-likeness (QED) is 0.447. The summed E-state index contributed by atoms with van der Waals surface area (Å²) < 4.78 is 6.25. The second-order valence-electron chi connectivity index (χ2n) is 5.65. The van der Waals surface area contributed by atoms with Crippen molar-refractivity contribution in [1.82, 2.24) is 9.97 Å². The van der Waals surface area contributed by atoms with Gasteiger partial charge in [0.15, 0.2) is 5.82 Å². The van der Waals surface area contributed by atoms with Crippen LogP contribution < -0.4 is 4.74 Å². The van der Waals surface area contributed by atoms with E-state index in [4.69, 9.17) is 14.7 Å². The number of ether oxygens (including phenoxy) is 1. The number of hydrogen-bond donors (Lipinski definition) is 0. The van der Waals surface area contributed by atoms with Crippen LogP contribution in [0.1, 0.15) is 0 Å². The van der Waals surface area contributed by atoms with Crippen molar-refractivity contribution in [2.75, 3.05) is 7.11 Å². The van der Waals surface area contributed by atoms with E-state index in [0.29, 0.717) is 5.82 Å². The third-order valence-corrected chi connectivity index (χ3v) is 4.55. The monoisotopic (exact) mass is 390 g/mol. The molecular formula is C21H15BrN2O. The zero-order chi connectivity index (χ0) is 17.2. The van der Waals surface area contributed by atoms with Crippen molar-refractivity contribution in [2.24, 2.45) is 0 Å². The molecule has 0 amide bonds. The minimum atomic E-state index is 0.705. The fourth-order valence-corrected chi connectivity index (χ4v) is 3.15. The van der Waals surface area contributed by atoms with Crippen LogP contribution in [0.2, 0.25) is 0 Å². The molecule has 4 aromatic rings. The fourth-order valence-electron chi connectivity index (χ4n) is 2.79. The lowest BCUT2D eigenvalue weighted by Crippen LogP contribution is -1.95. The lowest BCUT2D eigenvalue weighted by molar-refractivity contribution is 0.415. The van der Waals surface area contributed by atoms with Crippen molar-refractivity contribution >= 4 is 26.8 Å². The molecule has 0 bridgehead atoms.